The smallest absolute Gasteiger partial charge is 0.0917 e. The summed E-state index contributed by atoms with van der Waals surface area (Å²) in [5.74, 6) is 2.35. The molecule has 0 aromatic rings. The zero-order valence-corrected chi connectivity index (χ0v) is 25.7. The Morgan fingerprint density at radius 2 is 1.70 bits per heavy atom. The van der Waals surface area contributed by atoms with E-state index < -0.39 is 0 Å². The Kier molecular flexibility index (Phi) is 11.9. The lowest BCUT2D eigenvalue weighted by Crippen LogP contribution is -2.50. The van der Waals surface area contributed by atoms with Gasteiger partial charge in [0.05, 0.1) is 5.82 Å². The highest BCUT2D eigenvalue weighted by Crippen LogP contribution is 2.42. The van der Waals surface area contributed by atoms with Gasteiger partial charge in [0.25, 0.3) is 0 Å². The third-order valence-electron chi connectivity index (χ3n) is 9.65. The molecule has 0 aromatic heterocycles. The van der Waals surface area contributed by atoms with Gasteiger partial charge < -0.3 is 15.5 Å². The van der Waals surface area contributed by atoms with Crippen LogP contribution in [-0.4, -0.2) is 29.6 Å². The van der Waals surface area contributed by atoms with Gasteiger partial charge in [-0.05, 0) is 61.7 Å². The second-order valence-electron chi connectivity index (χ2n) is 13.8. The van der Waals surface area contributed by atoms with Crippen LogP contribution in [0.1, 0.15) is 119 Å². The Morgan fingerprint density at radius 1 is 1.08 bits per heavy atom. The summed E-state index contributed by atoms with van der Waals surface area (Å²) in [7, 11) is 0. The van der Waals surface area contributed by atoms with Crippen LogP contribution in [0.25, 0.3) is 0 Å². The van der Waals surface area contributed by atoms with Gasteiger partial charge in [-0.2, -0.15) is 0 Å². The lowest BCUT2D eigenvalue weighted by Gasteiger charge is -2.42. The summed E-state index contributed by atoms with van der Waals surface area (Å²) >= 11 is 0. The molecule has 212 valence electrons. The molecule has 37 heavy (non-hydrogen) atoms. The zero-order chi connectivity index (χ0) is 27.8. The maximum Gasteiger partial charge on any atom is 0.0917 e. The largest absolute Gasteiger partial charge is 0.369 e. The van der Waals surface area contributed by atoms with Gasteiger partial charge in [0.2, 0.25) is 0 Å². The molecule has 1 saturated heterocycles. The zero-order valence-electron chi connectivity index (χ0n) is 25.7. The first-order valence-electron chi connectivity index (χ1n) is 15.3. The topological polar surface area (TPSA) is 27.3 Å². The summed E-state index contributed by atoms with van der Waals surface area (Å²) in [5, 5.41) is 7.74. The van der Waals surface area contributed by atoms with Crippen LogP contribution in [0.4, 0.5) is 0 Å². The van der Waals surface area contributed by atoms with Gasteiger partial charge in [-0.15, -0.1) is 13.2 Å². The summed E-state index contributed by atoms with van der Waals surface area (Å²) in [4.78, 5) is 2.57. The van der Waals surface area contributed by atoms with Gasteiger partial charge >= 0.3 is 0 Å². The number of allylic oxidation sites excluding steroid dienone is 1. The van der Waals surface area contributed by atoms with E-state index in [1.165, 1.54) is 62.6 Å². The highest BCUT2D eigenvalue weighted by molar-refractivity contribution is 5.13. The molecule has 2 N–H and O–H groups in total. The van der Waals surface area contributed by atoms with Crippen molar-refractivity contribution in [1.29, 1.82) is 0 Å². The van der Waals surface area contributed by atoms with Crippen LogP contribution >= 0.6 is 0 Å². The molecular weight excluding hydrogens is 450 g/mol. The molecule has 0 amide bonds. The molecule has 2 rings (SSSR count). The molecule has 1 aliphatic heterocycles. The number of hydrogen-bond acceptors (Lipinski definition) is 3. The number of hydrogen-bond donors (Lipinski definition) is 2. The van der Waals surface area contributed by atoms with Crippen molar-refractivity contribution in [3.8, 4) is 0 Å². The monoisotopic (exact) mass is 511 g/mol. The van der Waals surface area contributed by atoms with Gasteiger partial charge in [0.15, 0.2) is 0 Å². The number of likely N-dealkylation sites (tertiary alicyclic amines) is 1. The van der Waals surface area contributed by atoms with E-state index in [0.29, 0.717) is 30.0 Å². The van der Waals surface area contributed by atoms with Crippen LogP contribution in [-0.2, 0) is 0 Å². The van der Waals surface area contributed by atoms with Crippen LogP contribution < -0.4 is 10.6 Å². The van der Waals surface area contributed by atoms with E-state index >= 15 is 0 Å². The van der Waals surface area contributed by atoms with E-state index in [1.807, 2.05) is 0 Å². The highest BCUT2D eigenvalue weighted by atomic mass is 15.2. The first-order chi connectivity index (χ1) is 17.3. The minimum absolute atomic E-state index is 0.142. The Morgan fingerprint density at radius 3 is 2.22 bits per heavy atom. The van der Waals surface area contributed by atoms with Crippen molar-refractivity contribution >= 4 is 0 Å². The summed E-state index contributed by atoms with van der Waals surface area (Å²) in [6, 6.07) is 1.06. The Labute approximate surface area is 231 Å². The van der Waals surface area contributed by atoms with Gasteiger partial charge in [0.1, 0.15) is 0 Å². The number of nitrogens with zero attached hydrogens (tertiary/aromatic N) is 1. The van der Waals surface area contributed by atoms with Crippen LogP contribution in [0.2, 0.25) is 0 Å². The van der Waals surface area contributed by atoms with Gasteiger partial charge in [-0.25, -0.2) is 0 Å². The van der Waals surface area contributed by atoms with E-state index in [2.05, 4.69) is 96.4 Å². The minimum Gasteiger partial charge on any atom is -0.369 e. The summed E-state index contributed by atoms with van der Waals surface area (Å²) in [5.41, 5.74) is 2.88. The lowest BCUT2D eigenvalue weighted by molar-refractivity contribution is 0.171. The Bertz CT molecular complexity index is 764. The van der Waals surface area contributed by atoms with E-state index in [0.717, 1.165) is 31.6 Å². The van der Waals surface area contributed by atoms with Crippen LogP contribution in [0.3, 0.4) is 0 Å². The van der Waals surface area contributed by atoms with Crippen LogP contribution in [0, 0.1) is 22.7 Å². The molecule has 2 aliphatic rings. The SMILES string of the molecule is C=CC1[C@@H](C(C)CC)CCN1C(=C)CC(NC(=C)NC(CCC(=C)C)C(C)(C)C)C1(C)CCCCCC1. The van der Waals surface area contributed by atoms with Crippen LogP contribution in [0.15, 0.2) is 49.5 Å². The van der Waals surface area contributed by atoms with Crippen molar-refractivity contribution in [2.24, 2.45) is 22.7 Å². The molecule has 0 aromatic carbocycles. The minimum atomic E-state index is 0.142. The average Bonchev–Trinajstić information content (AvgIpc) is 3.13. The number of rotatable bonds is 14. The van der Waals surface area contributed by atoms with Gasteiger partial charge in [-0.3, -0.25) is 0 Å². The highest BCUT2D eigenvalue weighted by Gasteiger charge is 2.39. The summed E-state index contributed by atoms with van der Waals surface area (Å²) in [6.07, 6.45) is 15.6. The molecule has 3 heteroatoms. The molecule has 1 saturated carbocycles. The fourth-order valence-electron chi connectivity index (χ4n) is 6.72. The Hall–Kier alpha value is -1.64. The number of nitrogens with one attached hydrogen (secondary N) is 2. The molecule has 2 fully saturated rings. The predicted molar refractivity (Wildman–Crippen MR) is 164 cm³/mol. The van der Waals surface area contributed by atoms with Gasteiger partial charge in [-0.1, -0.05) is 98.5 Å². The van der Waals surface area contributed by atoms with Crippen molar-refractivity contribution in [3.63, 3.8) is 0 Å². The van der Waals surface area contributed by atoms with E-state index in [4.69, 9.17) is 0 Å². The molecule has 5 atom stereocenters. The normalized spacial score (nSPS) is 24.5. The Balaban J connectivity index is 2.21. The average molecular weight is 512 g/mol. The third kappa shape index (κ3) is 8.96. The van der Waals surface area contributed by atoms with Gasteiger partial charge in [0, 0.05) is 36.8 Å². The molecule has 0 spiro atoms. The predicted octanol–water partition coefficient (Wildman–Crippen LogP) is 8.96. The first-order valence-corrected chi connectivity index (χ1v) is 15.3. The van der Waals surface area contributed by atoms with Crippen molar-refractivity contribution in [3.05, 3.63) is 49.5 Å². The molecule has 4 unspecified atom stereocenters. The van der Waals surface area contributed by atoms with Crippen molar-refractivity contribution in [1.82, 2.24) is 15.5 Å². The fourth-order valence-corrected chi connectivity index (χ4v) is 6.72. The van der Waals surface area contributed by atoms with Crippen molar-refractivity contribution in [2.45, 2.75) is 137 Å². The van der Waals surface area contributed by atoms with E-state index in [9.17, 15) is 0 Å². The molecule has 0 bridgehead atoms. The fraction of sp³-hybridized carbons (Fsp3) is 0.765. The second-order valence-corrected chi connectivity index (χ2v) is 13.8. The molecule has 0 radical (unpaired) electrons. The molecule has 3 nitrogen and oxygen atoms in total. The second kappa shape index (κ2) is 13.9. The van der Waals surface area contributed by atoms with Crippen molar-refractivity contribution in [2.75, 3.05) is 6.54 Å². The first kappa shape index (κ1) is 31.6. The maximum absolute atomic E-state index is 4.68. The van der Waals surface area contributed by atoms with Crippen LogP contribution in [0.5, 0.6) is 0 Å². The van der Waals surface area contributed by atoms with Crippen molar-refractivity contribution < 1.29 is 0 Å². The molecular formula is C34H61N3. The summed E-state index contributed by atoms with van der Waals surface area (Å²) in [6.45, 7) is 35.0. The van der Waals surface area contributed by atoms with E-state index in [-0.39, 0.29) is 10.8 Å². The summed E-state index contributed by atoms with van der Waals surface area (Å²) < 4.78 is 0. The maximum atomic E-state index is 4.68. The lowest BCUT2D eigenvalue weighted by atomic mass is 9.74. The molecule has 1 heterocycles. The van der Waals surface area contributed by atoms with E-state index in [1.54, 1.807) is 0 Å². The third-order valence-corrected chi connectivity index (χ3v) is 9.65. The quantitative estimate of drug-likeness (QED) is 0.180. The standard InChI is InChI=1S/C34H61N3/c1-12-26(5)29-20-23-37(30(29)13-2)27(6)24-32(34(11)21-16-14-15-17-22-34)36-28(7)35-31(33(8,9)10)19-18-25(3)4/h13,26,29-32,35-36H,2-3,6-7,12,14-24H2,1,4-5,8-11H3/t26?,29-,30?,31?,32?/m1/s1. The molecule has 1 aliphatic carbocycles.